The third-order valence-electron chi connectivity index (χ3n) is 4.40. The van der Waals surface area contributed by atoms with Crippen molar-refractivity contribution in [2.45, 2.75) is 0 Å². The van der Waals surface area contributed by atoms with Crippen molar-refractivity contribution in [2.24, 2.45) is 5.10 Å². The first-order valence-corrected chi connectivity index (χ1v) is 11.3. The molecule has 0 aliphatic heterocycles. The number of hydrogen-bond donors (Lipinski definition) is 3. The van der Waals surface area contributed by atoms with Crippen molar-refractivity contribution in [1.29, 1.82) is 0 Å². The molecular formula is C24H20BrClN4O5. The first-order valence-electron chi connectivity index (χ1n) is 10.1. The molecule has 11 heteroatoms. The Morgan fingerprint density at radius 3 is 2.46 bits per heavy atom. The van der Waals surface area contributed by atoms with E-state index in [-0.39, 0.29) is 6.61 Å². The molecule has 35 heavy (non-hydrogen) atoms. The molecule has 0 fully saturated rings. The summed E-state index contributed by atoms with van der Waals surface area (Å²) in [5.74, 6) is -1.32. The van der Waals surface area contributed by atoms with Crippen LogP contribution in [0.3, 0.4) is 0 Å². The van der Waals surface area contributed by atoms with Gasteiger partial charge in [0.25, 0.3) is 5.91 Å². The number of amides is 3. The van der Waals surface area contributed by atoms with Gasteiger partial charge in [-0.15, -0.1) is 0 Å². The topological polar surface area (TPSA) is 118 Å². The van der Waals surface area contributed by atoms with E-state index >= 15 is 0 Å². The SMILES string of the molecule is COc1ccc(NC(=O)C(=O)N/N=C\c2cc(Br)ccc2OCC(=O)Nc2ccccc2Cl)cc1. The van der Waals surface area contributed by atoms with Crippen LogP contribution in [0, 0.1) is 0 Å². The fraction of sp³-hybridized carbons (Fsp3) is 0.0833. The molecule has 0 spiro atoms. The maximum atomic E-state index is 12.2. The van der Waals surface area contributed by atoms with Crippen molar-refractivity contribution in [2.75, 3.05) is 24.4 Å². The standard InChI is InChI=1S/C24H20BrClN4O5/c1-34-18-9-7-17(8-10-18)28-23(32)24(33)30-27-13-15-12-16(25)6-11-21(15)35-14-22(31)29-20-5-3-2-4-19(20)26/h2-13H,14H2,1H3,(H,28,32)(H,29,31)(H,30,33)/b27-13-. The number of rotatable bonds is 8. The minimum atomic E-state index is -0.964. The molecule has 3 amide bonds. The highest BCUT2D eigenvalue weighted by atomic mass is 79.9. The number of nitrogens with one attached hydrogen (secondary N) is 3. The van der Waals surface area contributed by atoms with Crippen LogP contribution < -0.4 is 25.5 Å². The minimum absolute atomic E-state index is 0.287. The molecule has 9 nitrogen and oxygen atoms in total. The summed E-state index contributed by atoms with van der Waals surface area (Å²) in [5, 5.41) is 9.34. The highest BCUT2D eigenvalue weighted by molar-refractivity contribution is 9.10. The van der Waals surface area contributed by atoms with E-state index in [0.717, 1.165) is 4.47 Å². The number of anilines is 2. The molecule has 3 N–H and O–H groups in total. The summed E-state index contributed by atoms with van der Waals surface area (Å²) in [7, 11) is 1.52. The molecule has 0 heterocycles. The minimum Gasteiger partial charge on any atom is -0.497 e. The van der Waals surface area contributed by atoms with Gasteiger partial charge >= 0.3 is 11.8 Å². The molecule has 0 aliphatic rings. The zero-order valence-corrected chi connectivity index (χ0v) is 20.7. The predicted molar refractivity (Wildman–Crippen MR) is 137 cm³/mol. The van der Waals surface area contributed by atoms with Gasteiger partial charge in [0.15, 0.2) is 6.61 Å². The van der Waals surface area contributed by atoms with Crippen LogP contribution in [-0.4, -0.2) is 37.7 Å². The van der Waals surface area contributed by atoms with E-state index in [4.69, 9.17) is 21.1 Å². The van der Waals surface area contributed by atoms with Crippen LogP contribution in [0.2, 0.25) is 5.02 Å². The van der Waals surface area contributed by atoms with Crippen molar-refractivity contribution >= 4 is 62.8 Å². The monoisotopic (exact) mass is 558 g/mol. The van der Waals surface area contributed by atoms with Crippen molar-refractivity contribution in [3.63, 3.8) is 0 Å². The molecule has 0 radical (unpaired) electrons. The van der Waals surface area contributed by atoms with Gasteiger partial charge in [-0.3, -0.25) is 14.4 Å². The lowest BCUT2D eigenvalue weighted by atomic mass is 10.2. The molecule has 0 aromatic heterocycles. The predicted octanol–water partition coefficient (Wildman–Crippen LogP) is 4.22. The second-order valence-corrected chi connectivity index (χ2v) is 8.20. The van der Waals surface area contributed by atoms with Crippen LogP contribution in [0.4, 0.5) is 11.4 Å². The second kappa shape index (κ2) is 12.5. The van der Waals surface area contributed by atoms with E-state index in [2.05, 4.69) is 37.1 Å². The van der Waals surface area contributed by atoms with Gasteiger partial charge in [0, 0.05) is 15.7 Å². The van der Waals surface area contributed by atoms with Crippen LogP contribution >= 0.6 is 27.5 Å². The fourth-order valence-corrected chi connectivity index (χ4v) is 3.28. The summed E-state index contributed by atoms with van der Waals surface area (Å²) in [6.07, 6.45) is 1.30. The number of carbonyl (C=O) groups is 3. The second-order valence-electron chi connectivity index (χ2n) is 6.88. The Kier molecular flexibility index (Phi) is 9.22. The van der Waals surface area contributed by atoms with Crippen molar-refractivity contribution in [3.05, 3.63) is 81.8 Å². The molecule has 3 rings (SSSR count). The van der Waals surface area contributed by atoms with E-state index in [1.165, 1.54) is 13.3 Å². The van der Waals surface area contributed by atoms with Crippen molar-refractivity contribution in [1.82, 2.24) is 5.43 Å². The van der Waals surface area contributed by atoms with Gasteiger partial charge in [-0.25, -0.2) is 5.43 Å². The quantitative estimate of drug-likeness (QED) is 0.217. The maximum Gasteiger partial charge on any atom is 0.329 e. The first kappa shape index (κ1) is 25.7. The Labute approximate surface area is 214 Å². The summed E-state index contributed by atoms with van der Waals surface area (Å²) in [5.41, 5.74) is 3.50. The number of carbonyl (C=O) groups excluding carboxylic acids is 3. The zero-order valence-electron chi connectivity index (χ0n) is 18.4. The largest absolute Gasteiger partial charge is 0.497 e. The zero-order chi connectivity index (χ0) is 25.2. The molecule has 0 bridgehead atoms. The number of para-hydroxylation sites is 1. The number of nitrogens with zero attached hydrogens (tertiary/aromatic N) is 1. The Morgan fingerprint density at radius 1 is 1.00 bits per heavy atom. The van der Waals surface area contributed by atoms with Gasteiger partial charge in [-0.05, 0) is 54.6 Å². The van der Waals surface area contributed by atoms with Gasteiger partial charge in [0.1, 0.15) is 11.5 Å². The average molecular weight is 560 g/mol. The summed E-state index contributed by atoms with van der Waals surface area (Å²) < 4.78 is 11.4. The molecular weight excluding hydrogens is 540 g/mol. The fourth-order valence-electron chi connectivity index (χ4n) is 2.72. The van der Waals surface area contributed by atoms with Gasteiger partial charge in [-0.1, -0.05) is 39.7 Å². The Morgan fingerprint density at radius 2 is 1.74 bits per heavy atom. The van der Waals surface area contributed by atoms with Gasteiger partial charge < -0.3 is 20.1 Å². The van der Waals surface area contributed by atoms with Crippen LogP contribution in [0.1, 0.15) is 5.56 Å². The molecule has 3 aromatic carbocycles. The van der Waals surface area contributed by atoms with Crippen molar-refractivity contribution < 1.29 is 23.9 Å². The highest BCUT2D eigenvalue weighted by Gasteiger charge is 2.13. The summed E-state index contributed by atoms with van der Waals surface area (Å²) in [6.45, 7) is -0.287. The lowest BCUT2D eigenvalue weighted by molar-refractivity contribution is -0.136. The molecule has 0 atom stereocenters. The Bertz CT molecular complexity index is 1250. The third kappa shape index (κ3) is 7.83. The molecule has 0 aliphatic carbocycles. The van der Waals surface area contributed by atoms with Gasteiger partial charge in [0.2, 0.25) is 0 Å². The molecule has 0 saturated carbocycles. The number of hydrazone groups is 1. The van der Waals surface area contributed by atoms with E-state index in [1.54, 1.807) is 66.7 Å². The first-order chi connectivity index (χ1) is 16.9. The van der Waals surface area contributed by atoms with E-state index in [0.29, 0.717) is 33.5 Å². The smallest absolute Gasteiger partial charge is 0.329 e. The normalized spacial score (nSPS) is 10.5. The molecule has 180 valence electrons. The maximum absolute atomic E-state index is 12.2. The molecule has 3 aromatic rings. The molecule has 0 unspecified atom stereocenters. The lowest BCUT2D eigenvalue weighted by Gasteiger charge is -2.11. The summed E-state index contributed by atoms with van der Waals surface area (Å²) in [4.78, 5) is 36.4. The van der Waals surface area contributed by atoms with E-state index in [1.807, 2.05) is 0 Å². The van der Waals surface area contributed by atoms with Crippen LogP contribution in [0.5, 0.6) is 11.5 Å². The van der Waals surface area contributed by atoms with E-state index in [9.17, 15) is 14.4 Å². The number of halogens is 2. The number of methoxy groups -OCH3 is 1. The summed E-state index contributed by atoms with van der Waals surface area (Å²) >= 11 is 9.39. The number of ether oxygens (including phenoxy) is 2. The van der Waals surface area contributed by atoms with E-state index < -0.39 is 17.7 Å². The Hall–Kier alpha value is -3.89. The highest BCUT2D eigenvalue weighted by Crippen LogP contribution is 2.23. The van der Waals surface area contributed by atoms with Gasteiger partial charge in [0.05, 0.1) is 24.0 Å². The van der Waals surface area contributed by atoms with Crippen molar-refractivity contribution in [3.8, 4) is 11.5 Å². The van der Waals surface area contributed by atoms with Crippen LogP contribution in [0.25, 0.3) is 0 Å². The lowest BCUT2D eigenvalue weighted by Crippen LogP contribution is -2.32. The number of benzene rings is 3. The van der Waals surface area contributed by atoms with Crippen LogP contribution in [0.15, 0.2) is 76.3 Å². The third-order valence-corrected chi connectivity index (χ3v) is 5.23. The Balaban J connectivity index is 1.57. The van der Waals surface area contributed by atoms with Gasteiger partial charge in [-0.2, -0.15) is 5.10 Å². The molecule has 0 saturated heterocycles. The van der Waals surface area contributed by atoms with Crippen LogP contribution in [-0.2, 0) is 14.4 Å². The average Bonchev–Trinajstić information content (AvgIpc) is 2.85. The summed E-state index contributed by atoms with van der Waals surface area (Å²) in [6, 6.07) is 18.4. The number of hydrogen-bond acceptors (Lipinski definition) is 6.